The maximum atomic E-state index is 11.0. The Labute approximate surface area is 93.1 Å². The van der Waals surface area contributed by atoms with Crippen LogP contribution in [0, 0.1) is 0 Å². The van der Waals surface area contributed by atoms with Crippen LogP contribution < -0.4 is 9.47 Å². The third-order valence-electron chi connectivity index (χ3n) is 2.67. The van der Waals surface area contributed by atoms with Crippen LogP contribution >= 0.6 is 0 Å². The fourth-order valence-electron chi connectivity index (χ4n) is 1.70. The highest BCUT2D eigenvalue weighted by atomic mass is 16.5. The first kappa shape index (κ1) is 10.5. The van der Waals surface area contributed by atoms with E-state index in [2.05, 4.69) is 0 Å². The van der Waals surface area contributed by atoms with Crippen LogP contribution in [0.25, 0.3) is 5.57 Å². The number of benzene rings is 1. The second-order valence-electron chi connectivity index (χ2n) is 3.56. The van der Waals surface area contributed by atoms with Gasteiger partial charge >= 0.3 is 5.97 Å². The highest BCUT2D eigenvalue weighted by Crippen LogP contribution is 2.35. The van der Waals surface area contributed by atoms with E-state index in [0.29, 0.717) is 17.1 Å². The monoisotopic (exact) mass is 220 g/mol. The van der Waals surface area contributed by atoms with E-state index in [-0.39, 0.29) is 6.61 Å². The van der Waals surface area contributed by atoms with Gasteiger partial charge in [-0.15, -0.1) is 0 Å². The molecule has 0 aliphatic carbocycles. The number of ether oxygens (including phenoxy) is 2. The molecule has 0 bridgehead atoms. The molecule has 1 aromatic rings. The fraction of sp³-hybridized carbons (Fsp3) is 0.250. The van der Waals surface area contributed by atoms with Gasteiger partial charge in [0.1, 0.15) is 18.1 Å². The minimum atomic E-state index is -0.939. The smallest absolute Gasteiger partial charge is 0.335 e. The average molecular weight is 220 g/mol. The highest BCUT2D eigenvalue weighted by molar-refractivity contribution is 5.98. The maximum Gasteiger partial charge on any atom is 0.335 e. The lowest BCUT2D eigenvalue weighted by Crippen LogP contribution is -2.16. The van der Waals surface area contributed by atoms with E-state index in [1.807, 2.05) is 0 Å². The molecule has 84 valence electrons. The van der Waals surface area contributed by atoms with Gasteiger partial charge in [0.25, 0.3) is 0 Å². The normalized spacial score (nSPS) is 14.1. The summed E-state index contributed by atoms with van der Waals surface area (Å²) in [7, 11) is 1.57. The first-order valence-electron chi connectivity index (χ1n) is 4.87. The average Bonchev–Trinajstić information content (AvgIpc) is 2.28. The number of hydrogen-bond acceptors (Lipinski definition) is 3. The largest absolute Gasteiger partial charge is 0.497 e. The molecule has 1 aliphatic heterocycles. The summed E-state index contributed by atoms with van der Waals surface area (Å²) in [5, 5.41) is 8.99. The number of carboxylic acid groups (broad SMARTS) is 1. The zero-order chi connectivity index (χ0) is 11.7. The van der Waals surface area contributed by atoms with E-state index in [9.17, 15) is 4.79 Å². The Morgan fingerprint density at radius 3 is 2.88 bits per heavy atom. The van der Waals surface area contributed by atoms with Gasteiger partial charge in [-0.3, -0.25) is 0 Å². The van der Waals surface area contributed by atoms with Crippen LogP contribution in [-0.2, 0) is 4.79 Å². The van der Waals surface area contributed by atoms with Gasteiger partial charge < -0.3 is 14.6 Å². The lowest BCUT2D eigenvalue weighted by atomic mass is 9.98. The number of allylic oxidation sites excluding steroid dienone is 1. The summed E-state index contributed by atoms with van der Waals surface area (Å²) in [5.74, 6) is 0.447. The molecule has 2 rings (SSSR count). The SMILES string of the molecule is COc1ccc2c(c1)C(C)=C(C(=O)O)CO2. The summed E-state index contributed by atoms with van der Waals surface area (Å²) in [4.78, 5) is 11.0. The number of aliphatic carboxylic acids is 1. The van der Waals surface area contributed by atoms with Crippen LogP contribution in [0.2, 0.25) is 0 Å². The zero-order valence-corrected chi connectivity index (χ0v) is 9.11. The van der Waals surface area contributed by atoms with Crippen molar-refractivity contribution >= 4 is 11.5 Å². The first-order valence-corrected chi connectivity index (χ1v) is 4.87. The van der Waals surface area contributed by atoms with E-state index in [1.54, 1.807) is 32.2 Å². The van der Waals surface area contributed by atoms with Crippen LogP contribution in [0.3, 0.4) is 0 Å². The number of fused-ring (bicyclic) bond motifs is 1. The van der Waals surface area contributed by atoms with Gasteiger partial charge in [0.05, 0.1) is 12.7 Å². The third kappa shape index (κ3) is 1.62. The van der Waals surface area contributed by atoms with Crippen molar-refractivity contribution in [3.63, 3.8) is 0 Å². The molecule has 0 saturated carbocycles. The molecule has 0 aromatic heterocycles. The number of methoxy groups -OCH3 is 1. The maximum absolute atomic E-state index is 11.0. The Balaban J connectivity index is 2.55. The minimum Gasteiger partial charge on any atom is -0.497 e. The van der Waals surface area contributed by atoms with Crippen molar-refractivity contribution in [2.45, 2.75) is 6.92 Å². The Kier molecular flexibility index (Phi) is 2.56. The molecule has 0 spiro atoms. The van der Waals surface area contributed by atoms with Crippen LogP contribution in [0.15, 0.2) is 23.8 Å². The van der Waals surface area contributed by atoms with Crippen LogP contribution in [0.1, 0.15) is 12.5 Å². The fourth-order valence-corrected chi connectivity index (χ4v) is 1.70. The summed E-state index contributed by atoms with van der Waals surface area (Å²) in [6.07, 6.45) is 0. The molecule has 0 saturated heterocycles. The minimum absolute atomic E-state index is 0.112. The molecule has 4 heteroatoms. The Bertz CT molecular complexity index is 474. The van der Waals surface area contributed by atoms with Gasteiger partial charge in [-0.25, -0.2) is 4.79 Å². The van der Waals surface area contributed by atoms with Crippen LogP contribution in [0.5, 0.6) is 11.5 Å². The molecule has 0 fully saturated rings. The van der Waals surface area contributed by atoms with E-state index in [1.165, 1.54) is 0 Å². The van der Waals surface area contributed by atoms with Crippen molar-refractivity contribution in [2.75, 3.05) is 13.7 Å². The van der Waals surface area contributed by atoms with E-state index >= 15 is 0 Å². The first-order chi connectivity index (χ1) is 7.63. The molecular formula is C12H12O4. The second kappa shape index (κ2) is 3.89. The predicted molar refractivity (Wildman–Crippen MR) is 58.7 cm³/mol. The predicted octanol–water partition coefficient (Wildman–Crippen LogP) is 1.95. The molecule has 1 N–H and O–H groups in total. The summed E-state index contributed by atoms with van der Waals surface area (Å²) >= 11 is 0. The van der Waals surface area contributed by atoms with Crippen LogP contribution in [0.4, 0.5) is 0 Å². The molecule has 0 unspecified atom stereocenters. The Morgan fingerprint density at radius 2 is 2.25 bits per heavy atom. The van der Waals surface area contributed by atoms with Gasteiger partial charge in [0.15, 0.2) is 0 Å². The van der Waals surface area contributed by atoms with Crippen molar-refractivity contribution in [1.29, 1.82) is 0 Å². The second-order valence-corrected chi connectivity index (χ2v) is 3.56. The summed E-state index contributed by atoms with van der Waals surface area (Å²) in [6.45, 7) is 1.89. The molecule has 0 amide bonds. The lowest BCUT2D eigenvalue weighted by Gasteiger charge is -2.20. The molecule has 0 radical (unpaired) electrons. The number of carboxylic acids is 1. The van der Waals surface area contributed by atoms with Crippen molar-refractivity contribution in [3.05, 3.63) is 29.3 Å². The van der Waals surface area contributed by atoms with E-state index in [4.69, 9.17) is 14.6 Å². The lowest BCUT2D eigenvalue weighted by molar-refractivity contribution is -0.133. The summed E-state index contributed by atoms with van der Waals surface area (Å²) in [6, 6.07) is 5.36. The van der Waals surface area contributed by atoms with Crippen molar-refractivity contribution in [2.24, 2.45) is 0 Å². The van der Waals surface area contributed by atoms with E-state index in [0.717, 1.165) is 11.1 Å². The van der Waals surface area contributed by atoms with Gasteiger partial charge in [-0.05, 0) is 30.7 Å². The quantitative estimate of drug-likeness (QED) is 0.827. The summed E-state index contributed by atoms with van der Waals surface area (Å²) in [5.41, 5.74) is 1.80. The van der Waals surface area contributed by atoms with Gasteiger partial charge in [0.2, 0.25) is 0 Å². The molecule has 16 heavy (non-hydrogen) atoms. The van der Waals surface area contributed by atoms with Gasteiger partial charge in [-0.2, -0.15) is 0 Å². The number of carbonyl (C=O) groups is 1. The van der Waals surface area contributed by atoms with Gasteiger partial charge in [-0.1, -0.05) is 0 Å². The number of rotatable bonds is 2. The molecule has 0 atom stereocenters. The Hall–Kier alpha value is -1.97. The molecular weight excluding hydrogens is 208 g/mol. The molecule has 1 aliphatic rings. The van der Waals surface area contributed by atoms with Gasteiger partial charge in [0, 0.05) is 5.56 Å². The van der Waals surface area contributed by atoms with Crippen molar-refractivity contribution < 1.29 is 19.4 Å². The highest BCUT2D eigenvalue weighted by Gasteiger charge is 2.21. The zero-order valence-electron chi connectivity index (χ0n) is 9.11. The van der Waals surface area contributed by atoms with E-state index < -0.39 is 5.97 Å². The Morgan fingerprint density at radius 1 is 1.50 bits per heavy atom. The molecule has 1 heterocycles. The van der Waals surface area contributed by atoms with Crippen molar-refractivity contribution in [1.82, 2.24) is 0 Å². The summed E-state index contributed by atoms with van der Waals surface area (Å²) < 4.78 is 10.5. The van der Waals surface area contributed by atoms with Crippen molar-refractivity contribution in [3.8, 4) is 11.5 Å². The molecule has 4 nitrogen and oxygen atoms in total. The number of hydrogen-bond donors (Lipinski definition) is 1. The third-order valence-corrected chi connectivity index (χ3v) is 2.67. The molecule has 1 aromatic carbocycles. The topological polar surface area (TPSA) is 55.8 Å². The van der Waals surface area contributed by atoms with Crippen LogP contribution in [-0.4, -0.2) is 24.8 Å². The standard InChI is InChI=1S/C12H12O4/c1-7-9-5-8(15-2)3-4-11(9)16-6-10(7)12(13)14/h3-5H,6H2,1-2H3,(H,13,14).